The third kappa shape index (κ3) is 8.98. The second-order valence-electron chi connectivity index (χ2n) is 3.30. The summed E-state index contributed by atoms with van der Waals surface area (Å²) in [7, 11) is 0. The molecule has 6 heteroatoms. The molecule has 76 valence electrons. The van der Waals surface area contributed by atoms with Crippen molar-refractivity contribution in [3.63, 3.8) is 0 Å². The molecule has 1 atom stereocenters. The predicted molar refractivity (Wildman–Crippen MR) is 53.1 cm³/mol. The van der Waals surface area contributed by atoms with Gasteiger partial charge < -0.3 is 0 Å². The molecule has 0 fully saturated rings. The van der Waals surface area contributed by atoms with Crippen LogP contribution < -0.4 is 0 Å². The van der Waals surface area contributed by atoms with Gasteiger partial charge in [0.1, 0.15) is 0 Å². The zero-order chi connectivity index (χ0) is 10.0. The molecule has 3 nitrogen and oxygen atoms in total. The van der Waals surface area contributed by atoms with Crippen LogP contribution >= 0.6 is 28.5 Å². The van der Waals surface area contributed by atoms with Gasteiger partial charge in [-0.1, -0.05) is 0 Å². The Bertz CT molecular complexity index is 145. The Hall–Kier alpha value is 0.890. The van der Waals surface area contributed by atoms with Crippen LogP contribution in [0.5, 0.6) is 0 Å². The van der Waals surface area contributed by atoms with Gasteiger partial charge in [0.15, 0.2) is 0 Å². The molecule has 0 aliphatic heterocycles. The van der Waals surface area contributed by atoms with Crippen LogP contribution in [0.25, 0.3) is 0 Å². The maximum absolute atomic E-state index is 8.96. The van der Waals surface area contributed by atoms with Crippen LogP contribution in [-0.4, -0.2) is 15.9 Å². The van der Waals surface area contributed by atoms with Gasteiger partial charge in [-0.15, -0.1) is 0 Å². The van der Waals surface area contributed by atoms with Crippen molar-refractivity contribution in [1.29, 1.82) is 0 Å². The predicted octanol–water partition coefficient (Wildman–Crippen LogP) is 3.03. The summed E-state index contributed by atoms with van der Waals surface area (Å²) >= 11 is 10.3. The Kier molecular flexibility index (Phi) is 4.24. The Morgan fingerprint density at radius 1 is 1.25 bits per heavy atom. The third-order valence-corrected chi connectivity index (χ3v) is 2.34. The standard InChI is InChI=1S/C6H15Cl2O3P/c1-5(2)4-6(3)11-12(7,8,9)10/h5-6,9-10H,4H2,1-3H3. The van der Waals surface area contributed by atoms with E-state index in [0.717, 1.165) is 0 Å². The van der Waals surface area contributed by atoms with Crippen molar-refractivity contribution in [3.05, 3.63) is 0 Å². The molecule has 0 heterocycles. The van der Waals surface area contributed by atoms with Gasteiger partial charge in [0.05, 0.1) is 0 Å². The van der Waals surface area contributed by atoms with E-state index in [-0.39, 0.29) is 6.10 Å². The summed E-state index contributed by atoms with van der Waals surface area (Å²) in [5.41, 5.74) is 0. The van der Waals surface area contributed by atoms with Crippen LogP contribution in [0.1, 0.15) is 27.2 Å². The summed E-state index contributed by atoms with van der Waals surface area (Å²) in [6.07, 6.45) is 0.325. The van der Waals surface area contributed by atoms with Crippen LogP contribution in [0, 0.1) is 5.92 Å². The molecule has 2 N–H and O–H groups in total. The van der Waals surface area contributed by atoms with Gasteiger partial charge in [0, 0.05) is 0 Å². The van der Waals surface area contributed by atoms with Crippen molar-refractivity contribution >= 4 is 28.5 Å². The number of halogens is 2. The van der Waals surface area contributed by atoms with E-state index in [2.05, 4.69) is 0 Å². The van der Waals surface area contributed by atoms with Gasteiger partial charge in [-0.25, -0.2) is 0 Å². The molecular formula is C6H15Cl2O3P. The second-order valence-corrected chi connectivity index (χ2v) is 9.20. The van der Waals surface area contributed by atoms with Gasteiger partial charge in [-0.2, -0.15) is 0 Å². The molecule has 1 unspecified atom stereocenters. The summed E-state index contributed by atoms with van der Waals surface area (Å²) in [6, 6.07) is 0. The fraction of sp³-hybridized carbons (Fsp3) is 1.00. The Labute approximate surface area is 82.4 Å². The molecule has 0 saturated carbocycles. The van der Waals surface area contributed by atoms with Crippen LogP contribution in [0.15, 0.2) is 0 Å². The van der Waals surface area contributed by atoms with E-state index in [9.17, 15) is 0 Å². The first kappa shape index (κ1) is 12.9. The van der Waals surface area contributed by atoms with Crippen LogP contribution in [0.3, 0.4) is 0 Å². The van der Waals surface area contributed by atoms with E-state index in [0.29, 0.717) is 12.3 Å². The van der Waals surface area contributed by atoms with Gasteiger partial charge in [0.25, 0.3) is 0 Å². The van der Waals surface area contributed by atoms with Crippen molar-refractivity contribution in [2.24, 2.45) is 5.92 Å². The van der Waals surface area contributed by atoms with Gasteiger partial charge in [-0.3, -0.25) is 0 Å². The molecule has 0 aromatic rings. The normalized spacial score (nSPS) is 18.8. The van der Waals surface area contributed by atoms with Crippen LogP contribution in [0.4, 0.5) is 0 Å². The second kappa shape index (κ2) is 3.95. The zero-order valence-corrected chi connectivity index (χ0v) is 9.77. The molecule has 0 aliphatic carbocycles. The monoisotopic (exact) mass is 236 g/mol. The first-order valence-electron chi connectivity index (χ1n) is 3.70. The fourth-order valence-corrected chi connectivity index (χ4v) is 2.50. The van der Waals surface area contributed by atoms with E-state index in [1.807, 2.05) is 13.8 Å². The molecule has 0 aromatic heterocycles. The van der Waals surface area contributed by atoms with E-state index in [1.165, 1.54) is 0 Å². The molecule has 0 amide bonds. The molecule has 0 saturated heterocycles. The van der Waals surface area contributed by atoms with E-state index in [1.54, 1.807) is 6.92 Å². The van der Waals surface area contributed by atoms with Crippen molar-refractivity contribution in [2.45, 2.75) is 33.3 Å². The minimum absolute atomic E-state index is 0.354. The SMILES string of the molecule is CC(C)CC(C)OP(O)(O)(Cl)Cl. The molecule has 0 spiro atoms. The Morgan fingerprint density at radius 3 is 1.92 bits per heavy atom. The Morgan fingerprint density at radius 2 is 1.67 bits per heavy atom. The average Bonchev–Trinajstić information content (AvgIpc) is 1.50. The molecule has 0 rings (SSSR count). The van der Waals surface area contributed by atoms with Gasteiger partial charge >= 0.3 is 82.0 Å². The van der Waals surface area contributed by atoms with Crippen molar-refractivity contribution < 1.29 is 14.3 Å². The average molecular weight is 237 g/mol. The number of rotatable bonds is 4. The summed E-state index contributed by atoms with van der Waals surface area (Å²) in [5.74, 6) is -4.40. The molecular weight excluding hydrogens is 222 g/mol. The van der Waals surface area contributed by atoms with Crippen molar-refractivity contribution in [3.8, 4) is 0 Å². The minimum atomic E-state index is -4.80. The van der Waals surface area contributed by atoms with Crippen LogP contribution in [-0.2, 0) is 4.52 Å². The fourth-order valence-electron chi connectivity index (χ4n) is 1.00. The summed E-state index contributed by atoms with van der Waals surface area (Å²) in [4.78, 5) is 17.9. The quantitative estimate of drug-likeness (QED) is 0.739. The maximum atomic E-state index is 8.96. The van der Waals surface area contributed by atoms with Gasteiger partial charge in [0.2, 0.25) is 0 Å². The first-order valence-corrected chi connectivity index (χ1v) is 7.57. The summed E-state index contributed by atoms with van der Waals surface area (Å²) < 4.78 is 4.71. The molecule has 0 radical (unpaired) electrons. The Balaban J connectivity index is 3.94. The molecule has 0 aliphatic rings. The van der Waals surface area contributed by atoms with Gasteiger partial charge in [-0.05, 0) is 0 Å². The summed E-state index contributed by atoms with van der Waals surface area (Å²) in [6.45, 7) is 5.68. The third-order valence-electron chi connectivity index (χ3n) is 1.16. The zero-order valence-electron chi connectivity index (χ0n) is 7.37. The topological polar surface area (TPSA) is 49.7 Å². The number of hydrogen-bond acceptors (Lipinski definition) is 3. The molecule has 12 heavy (non-hydrogen) atoms. The van der Waals surface area contributed by atoms with E-state index < -0.39 is 5.99 Å². The molecule has 0 bridgehead atoms. The van der Waals surface area contributed by atoms with Crippen LogP contribution in [0.2, 0.25) is 0 Å². The molecule has 0 aromatic carbocycles. The summed E-state index contributed by atoms with van der Waals surface area (Å²) in [5, 5.41) is 0. The van der Waals surface area contributed by atoms with E-state index in [4.69, 9.17) is 36.8 Å². The first-order chi connectivity index (χ1) is 5.06. The number of hydrogen-bond donors (Lipinski definition) is 2. The van der Waals surface area contributed by atoms with E-state index >= 15 is 0 Å². The van der Waals surface area contributed by atoms with Crippen molar-refractivity contribution in [2.75, 3.05) is 0 Å². The van der Waals surface area contributed by atoms with Crippen molar-refractivity contribution in [1.82, 2.24) is 0 Å².